The van der Waals surface area contributed by atoms with Gasteiger partial charge in [0.25, 0.3) is 5.91 Å². The van der Waals surface area contributed by atoms with Crippen molar-refractivity contribution in [2.75, 3.05) is 20.3 Å². The van der Waals surface area contributed by atoms with Gasteiger partial charge in [0.15, 0.2) is 12.4 Å². The van der Waals surface area contributed by atoms with Gasteiger partial charge < -0.3 is 25.2 Å². The lowest BCUT2D eigenvalue weighted by Gasteiger charge is -2.35. The van der Waals surface area contributed by atoms with E-state index in [9.17, 15) is 15.0 Å². The lowest BCUT2D eigenvalue weighted by Crippen LogP contribution is -2.55. The Morgan fingerprint density at radius 3 is 2.21 bits per heavy atom. The van der Waals surface area contributed by atoms with Crippen LogP contribution in [0.15, 0.2) is 0 Å². The molecule has 0 radical (unpaired) electrons. The van der Waals surface area contributed by atoms with E-state index in [1.54, 1.807) is 7.05 Å². The van der Waals surface area contributed by atoms with Gasteiger partial charge in [-0.25, -0.2) is 5.43 Å². The van der Waals surface area contributed by atoms with Crippen molar-refractivity contribution in [3.8, 4) is 0 Å². The van der Waals surface area contributed by atoms with E-state index >= 15 is 0 Å². The molecule has 2 fully saturated rings. The zero-order valence-electron chi connectivity index (χ0n) is 14.4. The molecule has 8 nitrogen and oxygen atoms in total. The van der Waals surface area contributed by atoms with E-state index in [-0.39, 0.29) is 6.04 Å². The van der Waals surface area contributed by atoms with Crippen LogP contribution in [0.25, 0.3) is 0 Å². The number of rotatable bonds is 5. The number of carbonyl (C=O) groups is 1. The predicted molar refractivity (Wildman–Crippen MR) is 87.7 cm³/mol. The van der Waals surface area contributed by atoms with Crippen molar-refractivity contribution in [2.24, 2.45) is 0 Å². The minimum Gasteiger partial charge on any atom is -0.394 e. The molecule has 8 heteroatoms. The van der Waals surface area contributed by atoms with Gasteiger partial charge in [0, 0.05) is 19.7 Å². The molecular formula is C16H32N2O6. The molecule has 142 valence electrons. The van der Waals surface area contributed by atoms with E-state index in [0.29, 0.717) is 0 Å². The summed E-state index contributed by atoms with van der Waals surface area (Å²) in [6.45, 7) is 0.107. The molecule has 5 N–H and O–H groups in total. The summed E-state index contributed by atoms with van der Waals surface area (Å²) >= 11 is 0. The van der Waals surface area contributed by atoms with E-state index < -0.39 is 31.0 Å². The summed E-state index contributed by atoms with van der Waals surface area (Å²) in [5.74, 6) is -0.582. The minimum absolute atomic E-state index is 0.0572. The predicted octanol–water partition coefficient (Wildman–Crippen LogP) is -0.498. The average molecular weight is 348 g/mol. The van der Waals surface area contributed by atoms with Gasteiger partial charge in [0.2, 0.25) is 0 Å². The number of hydrazine groups is 1. The first kappa shape index (κ1) is 21.3. The molecule has 0 bridgehead atoms. The van der Waals surface area contributed by atoms with Gasteiger partial charge in [-0.3, -0.25) is 9.80 Å². The number of hydrogen-bond acceptors (Lipinski definition) is 7. The molecule has 0 aromatic heterocycles. The monoisotopic (exact) mass is 348 g/mol. The lowest BCUT2D eigenvalue weighted by molar-refractivity contribution is -0.154. The molecule has 3 atom stereocenters. The van der Waals surface area contributed by atoms with Crippen molar-refractivity contribution < 1.29 is 30.0 Å². The summed E-state index contributed by atoms with van der Waals surface area (Å²) in [6.07, 6.45) is 4.67. The molecular weight excluding hydrogens is 316 g/mol. The van der Waals surface area contributed by atoms with Gasteiger partial charge in [0.05, 0.1) is 6.61 Å². The zero-order valence-corrected chi connectivity index (χ0v) is 14.4. The zero-order chi connectivity index (χ0) is 17.9. The topological polar surface area (TPSA) is 122 Å². The van der Waals surface area contributed by atoms with Crippen molar-refractivity contribution in [2.45, 2.75) is 75.9 Å². The van der Waals surface area contributed by atoms with Gasteiger partial charge in [0.1, 0.15) is 6.10 Å². The largest absolute Gasteiger partial charge is 0.394 e. The number of amides is 1. The van der Waals surface area contributed by atoms with Crippen LogP contribution in [0, 0.1) is 0 Å². The number of ether oxygens (including phenoxy) is 1. The molecule has 24 heavy (non-hydrogen) atoms. The Morgan fingerprint density at radius 1 is 1.17 bits per heavy atom. The third-order valence-corrected chi connectivity index (χ3v) is 4.38. The smallest absolute Gasteiger partial charge is 0.268 e. The standard InChI is InChI=1S/C11H22N2O4.C5H10O2/c1-12-13(8-5-3-2-4-6-8)11(17)10(16)9(15)7-14;6-5-3-1-2-4-7-5/h8-10,12,14-16H,2-7H2,1H3;5-6H,1-4H2. The first-order valence-corrected chi connectivity index (χ1v) is 8.78. The number of nitrogens with one attached hydrogen (secondary N) is 1. The summed E-state index contributed by atoms with van der Waals surface area (Å²) in [5.41, 5.74) is 2.76. The van der Waals surface area contributed by atoms with Crippen molar-refractivity contribution in [3.05, 3.63) is 0 Å². The average Bonchev–Trinajstić information content (AvgIpc) is 2.63. The van der Waals surface area contributed by atoms with Crippen LogP contribution in [-0.4, -0.2) is 76.1 Å². The molecule has 1 saturated carbocycles. The van der Waals surface area contributed by atoms with Crippen LogP contribution in [0.1, 0.15) is 51.4 Å². The molecule has 1 amide bonds. The van der Waals surface area contributed by atoms with Crippen LogP contribution < -0.4 is 5.43 Å². The molecule has 1 saturated heterocycles. The van der Waals surface area contributed by atoms with Gasteiger partial charge in [-0.2, -0.15) is 0 Å². The second-order valence-electron chi connectivity index (χ2n) is 6.24. The maximum atomic E-state index is 11.9. The highest BCUT2D eigenvalue weighted by Gasteiger charge is 2.32. The quantitative estimate of drug-likeness (QED) is 0.425. The molecule has 2 rings (SSSR count). The van der Waals surface area contributed by atoms with Gasteiger partial charge in [-0.05, 0) is 32.1 Å². The molecule has 0 aromatic carbocycles. The molecule has 0 spiro atoms. The molecule has 1 aliphatic carbocycles. The summed E-state index contributed by atoms with van der Waals surface area (Å²) in [6, 6.07) is 0.0572. The molecule has 2 aliphatic rings. The highest BCUT2D eigenvalue weighted by Crippen LogP contribution is 2.22. The van der Waals surface area contributed by atoms with Crippen LogP contribution in [0.5, 0.6) is 0 Å². The van der Waals surface area contributed by atoms with Crippen LogP contribution in [0.2, 0.25) is 0 Å². The van der Waals surface area contributed by atoms with Crippen molar-refractivity contribution in [1.82, 2.24) is 10.4 Å². The maximum Gasteiger partial charge on any atom is 0.268 e. The summed E-state index contributed by atoms with van der Waals surface area (Å²) < 4.78 is 4.83. The fraction of sp³-hybridized carbons (Fsp3) is 0.938. The van der Waals surface area contributed by atoms with E-state index in [2.05, 4.69) is 5.43 Å². The number of nitrogens with zero attached hydrogens (tertiary/aromatic N) is 1. The number of hydrogen-bond donors (Lipinski definition) is 5. The first-order valence-electron chi connectivity index (χ1n) is 8.78. The number of aliphatic hydroxyl groups is 4. The van der Waals surface area contributed by atoms with E-state index in [0.717, 1.165) is 51.6 Å². The summed E-state index contributed by atoms with van der Waals surface area (Å²) in [7, 11) is 1.62. The van der Waals surface area contributed by atoms with Crippen LogP contribution in [0.3, 0.4) is 0 Å². The number of carbonyl (C=O) groups excluding carboxylic acids is 1. The third kappa shape index (κ3) is 7.00. The lowest BCUT2D eigenvalue weighted by atomic mass is 9.94. The molecule has 1 heterocycles. The van der Waals surface area contributed by atoms with Crippen molar-refractivity contribution in [3.63, 3.8) is 0 Å². The van der Waals surface area contributed by atoms with Gasteiger partial charge in [-0.15, -0.1) is 0 Å². The Kier molecular flexibility index (Phi) is 10.4. The Hall–Kier alpha value is -0.770. The Bertz CT molecular complexity index is 345. The number of aliphatic hydroxyl groups excluding tert-OH is 4. The second kappa shape index (κ2) is 11.7. The van der Waals surface area contributed by atoms with E-state index in [1.807, 2.05) is 0 Å². The Balaban J connectivity index is 0.000000341. The summed E-state index contributed by atoms with van der Waals surface area (Å²) in [5, 5.41) is 37.6. The normalized spacial score (nSPS) is 24.5. The SMILES string of the molecule is CNN(C(=O)C(O)C(O)CO)C1CCCCC1.OC1CCCCO1. The van der Waals surface area contributed by atoms with Crippen molar-refractivity contribution in [1.29, 1.82) is 0 Å². The molecule has 1 aliphatic heterocycles. The highest BCUT2D eigenvalue weighted by molar-refractivity contribution is 5.81. The Morgan fingerprint density at radius 2 is 1.79 bits per heavy atom. The Labute approximate surface area is 143 Å². The van der Waals surface area contributed by atoms with Crippen molar-refractivity contribution >= 4 is 5.91 Å². The third-order valence-electron chi connectivity index (χ3n) is 4.38. The van der Waals surface area contributed by atoms with E-state index in [4.69, 9.17) is 14.9 Å². The first-order chi connectivity index (χ1) is 11.5. The second-order valence-corrected chi connectivity index (χ2v) is 6.24. The maximum absolute atomic E-state index is 11.9. The minimum atomic E-state index is -1.57. The van der Waals surface area contributed by atoms with E-state index in [1.165, 1.54) is 11.4 Å². The van der Waals surface area contributed by atoms with Gasteiger partial charge in [-0.1, -0.05) is 19.3 Å². The summed E-state index contributed by atoms with van der Waals surface area (Å²) in [4.78, 5) is 11.9. The molecule has 0 aromatic rings. The fourth-order valence-electron chi connectivity index (χ4n) is 2.94. The molecule has 3 unspecified atom stereocenters. The van der Waals surface area contributed by atoms with Crippen LogP contribution >= 0.6 is 0 Å². The van der Waals surface area contributed by atoms with Gasteiger partial charge >= 0.3 is 0 Å². The van der Waals surface area contributed by atoms with Crippen LogP contribution in [0.4, 0.5) is 0 Å². The van der Waals surface area contributed by atoms with Crippen LogP contribution in [-0.2, 0) is 9.53 Å². The highest BCUT2D eigenvalue weighted by atomic mass is 16.6. The fourth-order valence-corrected chi connectivity index (χ4v) is 2.94.